The fraction of sp³-hybridized carbons (Fsp3) is 0.148. The number of benzene rings is 3. The van der Waals surface area contributed by atoms with Gasteiger partial charge in [-0.25, -0.2) is 8.78 Å². The van der Waals surface area contributed by atoms with Crippen LogP contribution in [0.3, 0.4) is 0 Å². The molecule has 0 bridgehead atoms. The second kappa shape index (κ2) is 9.04. The maximum absolute atomic E-state index is 14.2. The summed E-state index contributed by atoms with van der Waals surface area (Å²) in [6.07, 6.45) is -10.6. The molecule has 200 valence electrons. The highest BCUT2D eigenvalue weighted by Gasteiger charge is 2.43. The van der Waals surface area contributed by atoms with Crippen LogP contribution in [0.4, 0.5) is 35.1 Å². The zero-order valence-corrected chi connectivity index (χ0v) is 19.3. The van der Waals surface area contributed by atoms with Gasteiger partial charge in [-0.2, -0.15) is 31.6 Å². The van der Waals surface area contributed by atoms with E-state index in [1.807, 2.05) is 6.07 Å². The molecule has 3 aromatic carbocycles. The topological polar surface area (TPSA) is 68.3 Å². The first kappa shape index (κ1) is 26.1. The van der Waals surface area contributed by atoms with E-state index in [2.05, 4.69) is 0 Å². The predicted octanol–water partition coefficient (Wildman–Crippen LogP) is 7.36. The van der Waals surface area contributed by atoms with Crippen LogP contribution < -0.4 is 10.5 Å². The number of rotatable bonds is 2. The second-order valence-electron chi connectivity index (χ2n) is 8.71. The Bertz CT molecular complexity index is 1560. The summed E-state index contributed by atoms with van der Waals surface area (Å²) in [6, 6.07) is 10.9. The lowest BCUT2D eigenvalue weighted by Gasteiger charge is -2.38. The molecule has 0 spiro atoms. The van der Waals surface area contributed by atoms with Gasteiger partial charge in [0.2, 0.25) is 5.88 Å². The van der Waals surface area contributed by atoms with Gasteiger partial charge in [-0.1, -0.05) is 24.3 Å². The SMILES string of the molecule is N#CC1=C(N)OC2=C(C(c3ccc(C(F)(F)F)cc3)Oc3cc(F)c(F)cc32)C1c1ccc(C(F)(F)F)cc1. The summed E-state index contributed by atoms with van der Waals surface area (Å²) in [6.45, 7) is 0. The van der Waals surface area contributed by atoms with Crippen LogP contribution in [0.15, 0.2) is 77.7 Å². The summed E-state index contributed by atoms with van der Waals surface area (Å²) in [4.78, 5) is 0. The molecule has 39 heavy (non-hydrogen) atoms. The van der Waals surface area contributed by atoms with Crippen molar-refractivity contribution >= 4 is 5.76 Å². The average Bonchev–Trinajstić information content (AvgIpc) is 2.87. The number of nitrogens with zero attached hydrogens (tertiary/aromatic N) is 1. The van der Waals surface area contributed by atoms with Crippen LogP contribution in [0, 0.1) is 23.0 Å². The summed E-state index contributed by atoms with van der Waals surface area (Å²) >= 11 is 0. The Morgan fingerprint density at radius 2 is 1.28 bits per heavy atom. The smallest absolute Gasteiger partial charge is 0.416 e. The largest absolute Gasteiger partial charge is 0.480 e. The van der Waals surface area contributed by atoms with E-state index in [1.165, 1.54) is 0 Å². The zero-order chi connectivity index (χ0) is 28.3. The lowest BCUT2D eigenvalue weighted by molar-refractivity contribution is -0.138. The van der Waals surface area contributed by atoms with E-state index < -0.39 is 53.0 Å². The Balaban J connectivity index is 1.74. The predicted molar refractivity (Wildman–Crippen MR) is 120 cm³/mol. The van der Waals surface area contributed by atoms with Crippen LogP contribution in [0.5, 0.6) is 5.75 Å². The molecule has 2 aliphatic heterocycles. The highest BCUT2D eigenvalue weighted by Crippen LogP contribution is 2.53. The number of hydrogen-bond donors (Lipinski definition) is 1. The van der Waals surface area contributed by atoms with Crippen molar-refractivity contribution in [3.63, 3.8) is 0 Å². The maximum atomic E-state index is 14.2. The highest BCUT2D eigenvalue weighted by atomic mass is 19.4. The molecule has 4 nitrogen and oxygen atoms in total. The summed E-state index contributed by atoms with van der Waals surface area (Å²) in [5.41, 5.74) is 4.04. The van der Waals surface area contributed by atoms with Gasteiger partial charge in [0, 0.05) is 11.6 Å². The van der Waals surface area contributed by atoms with Gasteiger partial charge in [-0.3, -0.25) is 0 Å². The van der Waals surface area contributed by atoms with E-state index in [4.69, 9.17) is 15.2 Å². The Morgan fingerprint density at radius 1 is 0.769 bits per heavy atom. The van der Waals surface area contributed by atoms with Gasteiger partial charge < -0.3 is 15.2 Å². The number of allylic oxidation sites excluding steroid dienone is 1. The number of halogens is 8. The van der Waals surface area contributed by atoms with Gasteiger partial charge in [-0.05, 0) is 41.5 Å². The monoisotopic (exact) mass is 550 g/mol. The first-order chi connectivity index (χ1) is 18.3. The van der Waals surface area contributed by atoms with E-state index in [0.29, 0.717) is 0 Å². The lowest BCUT2D eigenvalue weighted by Crippen LogP contribution is -2.29. The van der Waals surface area contributed by atoms with Gasteiger partial charge in [0.1, 0.15) is 29.3 Å². The third-order valence-electron chi connectivity index (χ3n) is 6.37. The zero-order valence-electron chi connectivity index (χ0n) is 19.3. The van der Waals surface area contributed by atoms with Gasteiger partial charge >= 0.3 is 12.4 Å². The molecule has 2 N–H and O–H groups in total. The number of ether oxygens (including phenoxy) is 2. The van der Waals surface area contributed by atoms with Crippen LogP contribution in [0.1, 0.15) is 39.8 Å². The van der Waals surface area contributed by atoms with Crippen LogP contribution >= 0.6 is 0 Å². The Morgan fingerprint density at radius 3 is 1.79 bits per heavy atom. The molecule has 0 amide bonds. The van der Waals surface area contributed by atoms with E-state index >= 15 is 0 Å². The Hall–Kier alpha value is -4.53. The molecule has 2 heterocycles. The number of nitriles is 1. The second-order valence-corrected chi connectivity index (χ2v) is 8.71. The summed E-state index contributed by atoms with van der Waals surface area (Å²) in [5, 5.41) is 9.88. The van der Waals surface area contributed by atoms with Crippen LogP contribution in [-0.4, -0.2) is 0 Å². The molecule has 0 radical (unpaired) electrons. The minimum atomic E-state index is -4.65. The minimum absolute atomic E-state index is 0.0544. The lowest BCUT2D eigenvalue weighted by atomic mass is 9.77. The number of fused-ring (bicyclic) bond motifs is 2. The van der Waals surface area contributed by atoms with Crippen LogP contribution in [0.2, 0.25) is 0 Å². The van der Waals surface area contributed by atoms with Crippen molar-refractivity contribution in [1.29, 1.82) is 5.26 Å². The van der Waals surface area contributed by atoms with Gasteiger partial charge in [0.05, 0.1) is 22.6 Å². The van der Waals surface area contributed by atoms with E-state index in [1.54, 1.807) is 0 Å². The minimum Gasteiger partial charge on any atom is -0.480 e. The maximum Gasteiger partial charge on any atom is 0.416 e. The summed E-state index contributed by atoms with van der Waals surface area (Å²) in [5.74, 6) is -4.58. The quantitative estimate of drug-likeness (QED) is 0.339. The first-order valence-corrected chi connectivity index (χ1v) is 11.1. The fourth-order valence-corrected chi connectivity index (χ4v) is 4.55. The molecular formula is C27H14F8N2O2. The van der Waals surface area contributed by atoms with Crippen molar-refractivity contribution in [2.24, 2.45) is 5.73 Å². The Kier molecular flexibility index (Phi) is 6.05. The Labute approximate surface area is 215 Å². The molecular weight excluding hydrogens is 536 g/mol. The summed E-state index contributed by atoms with van der Waals surface area (Å²) in [7, 11) is 0. The molecule has 0 saturated heterocycles. The summed E-state index contributed by atoms with van der Waals surface area (Å²) < 4.78 is 119. The van der Waals surface area contributed by atoms with Gasteiger partial charge in [0.15, 0.2) is 11.6 Å². The van der Waals surface area contributed by atoms with E-state index in [9.17, 15) is 40.4 Å². The third kappa shape index (κ3) is 4.54. The molecule has 0 fully saturated rings. The fourth-order valence-electron chi connectivity index (χ4n) is 4.55. The standard InChI is InChI=1S/C27H14F8N2O2/c28-18-9-16-20(10-19(18)29)38-23(13-3-7-15(8-4-13)27(33,34)35)22-21(17(11-36)25(37)39-24(16)22)12-1-5-14(6-2-12)26(30,31)32/h1-10,21,23H,37H2. The molecule has 3 aromatic rings. The molecule has 0 saturated carbocycles. The average molecular weight is 550 g/mol. The van der Waals surface area contributed by atoms with Crippen molar-refractivity contribution in [3.8, 4) is 11.8 Å². The molecule has 2 atom stereocenters. The van der Waals surface area contributed by atoms with Crippen molar-refractivity contribution in [2.75, 3.05) is 0 Å². The normalized spacial score (nSPS) is 19.1. The van der Waals surface area contributed by atoms with Crippen molar-refractivity contribution in [3.05, 3.63) is 117 Å². The van der Waals surface area contributed by atoms with Crippen LogP contribution in [-0.2, 0) is 17.1 Å². The molecule has 0 aliphatic carbocycles. The first-order valence-electron chi connectivity index (χ1n) is 11.1. The van der Waals surface area contributed by atoms with Crippen molar-refractivity contribution in [1.82, 2.24) is 0 Å². The van der Waals surface area contributed by atoms with E-state index in [0.717, 1.165) is 60.7 Å². The molecule has 2 aliphatic rings. The van der Waals surface area contributed by atoms with Crippen LogP contribution in [0.25, 0.3) is 5.76 Å². The highest BCUT2D eigenvalue weighted by molar-refractivity contribution is 5.77. The number of alkyl halides is 6. The van der Waals surface area contributed by atoms with E-state index in [-0.39, 0.29) is 39.3 Å². The van der Waals surface area contributed by atoms with Crippen molar-refractivity contribution < 1.29 is 44.6 Å². The third-order valence-corrected chi connectivity index (χ3v) is 6.37. The van der Waals surface area contributed by atoms with Crippen molar-refractivity contribution in [2.45, 2.75) is 24.4 Å². The molecule has 12 heteroatoms. The molecule has 2 unspecified atom stereocenters. The number of nitrogens with two attached hydrogens (primary N) is 1. The van der Waals surface area contributed by atoms with Gasteiger partial charge in [-0.15, -0.1) is 0 Å². The molecule has 0 aromatic heterocycles. The van der Waals surface area contributed by atoms with Gasteiger partial charge in [0.25, 0.3) is 0 Å². The number of hydrogen-bond acceptors (Lipinski definition) is 4. The molecule has 5 rings (SSSR count).